The first kappa shape index (κ1) is 14.7. The first-order valence-corrected chi connectivity index (χ1v) is 6.71. The van der Waals surface area contributed by atoms with E-state index in [1.807, 2.05) is 24.3 Å². The van der Waals surface area contributed by atoms with Crippen LogP contribution in [0.3, 0.4) is 0 Å². The van der Waals surface area contributed by atoms with E-state index in [2.05, 4.69) is 19.2 Å². The molecule has 0 bridgehead atoms. The Morgan fingerprint density at radius 3 is 2.17 bits per heavy atom. The Hall–Kier alpha value is -1.35. The molecule has 0 aliphatic heterocycles. The average Bonchev–Trinajstić information content (AvgIpc) is 2.39. The van der Waals surface area contributed by atoms with Crippen molar-refractivity contribution in [1.82, 2.24) is 0 Å². The highest BCUT2D eigenvalue weighted by Crippen LogP contribution is 2.17. The van der Waals surface area contributed by atoms with Gasteiger partial charge in [0.2, 0.25) is 5.91 Å². The van der Waals surface area contributed by atoms with Gasteiger partial charge in [0.25, 0.3) is 0 Å². The summed E-state index contributed by atoms with van der Waals surface area (Å²) >= 11 is 0. The van der Waals surface area contributed by atoms with Gasteiger partial charge >= 0.3 is 0 Å². The van der Waals surface area contributed by atoms with E-state index in [1.165, 1.54) is 0 Å². The fraction of sp³-hybridized carbons (Fsp3) is 0.533. The van der Waals surface area contributed by atoms with Crippen molar-refractivity contribution < 1.29 is 9.90 Å². The molecule has 0 saturated heterocycles. The predicted octanol–water partition coefficient (Wildman–Crippen LogP) is 3.33. The minimum absolute atomic E-state index is 0.0303. The van der Waals surface area contributed by atoms with Crippen molar-refractivity contribution in [3.05, 3.63) is 29.8 Å². The van der Waals surface area contributed by atoms with E-state index in [4.69, 9.17) is 5.11 Å². The van der Waals surface area contributed by atoms with Crippen molar-refractivity contribution in [2.45, 2.75) is 46.1 Å². The molecular weight excluding hydrogens is 226 g/mol. The molecule has 3 nitrogen and oxygen atoms in total. The van der Waals surface area contributed by atoms with Crippen LogP contribution < -0.4 is 5.32 Å². The molecule has 1 aromatic carbocycles. The van der Waals surface area contributed by atoms with E-state index in [0.29, 0.717) is 0 Å². The molecule has 0 spiro atoms. The van der Waals surface area contributed by atoms with Gasteiger partial charge in [-0.3, -0.25) is 4.79 Å². The van der Waals surface area contributed by atoms with E-state index in [1.54, 1.807) is 0 Å². The maximum atomic E-state index is 12.1. The van der Waals surface area contributed by atoms with Crippen molar-refractivity contribution >= 4 is 11.6 Å². The molecule has 3 heteroatoms. The number of hydrogen-bond acceptors (Lipinski definition) is 2. The predicted molar refractivity (Wildman–Crippen MR) is 74.3 cm³/mol. The van der Waals surface area contributed by atoms with Gasteiger partial charge in [-0.05, 0) is 30.5 Å². The molecule has 0 atom stereocenters. The molecule has 0 unspecified atom stereocenters. The SMILES string of the molecule is CCCC(CCC)C(=O)Nc1ccc(CO)cc1. The van der Waals surface area contributed by atoms with E-state index in [0.717, 1.165) is 36.9 Å². The van der Waals surface area contributed by atoms with E-state index in [9.17, 15) is 4.79 Å². The lowest BCUT2D eigenvalue weighted by molar-refractivity contribution is -0.120. The van der Waals surface area contributed by atoms with Crippen molar-refractivity contribution in [2.24, 2.45) is 5.92 Å². The summed E-state index contributed by atoms with van der Waals surface area (Å²) in [5, 5.41) is 11.9. The normalized spacial score (nSPS) is 10.7. The Kier molecular flexibility index (Phi) is 6.44. The molecule has 100 valence electrons. The maximum absolute atomic E-state index is 12.1. The number of hydrogen-bond donors (Lipinski definition) is 2. The Morgan fingerprint density at radius 1 is 1.17 bits per heavy atom. The minimum atomic E-state index is 0.0303. The Bertz CT molecular complexity index is 353. The highest BCUT2D eigenvalue weighted by molar-refractivity contribution is 5.92. The van der Waals surface area contributed by atoms with Crippen LogP contribution in [0.25, 0.3) is 0 Å². The van der Waals surface area contributed by atoms with Gasteiger partial charge in [0.1, 0.15) is 0 Å². The lowest BCUT2D eigenvalue weighted by atomic mass is 9.97. The van der Waals surface area contributed by atoms with Crippen LogP contribution in [-0.4, -0.2) is 11.0 Å². The number of benzene rings is 1. The van der Waals surface area contributed by atoms with E-state index < -0.39 is 0 Å². The van der Waals surface area contributed by atoms with Crippen LogP contribution in [0.1, 0.15) is 45.1 Å². The largest absolute Gasteiger partial charge is 0.392 e. The Balaban J connectivity index is 2.60. The van der Waals surface area contributed by atoms with Gasteiger partial charge in [0.15, 0.2) is 0 Å². The van der Waals surface area contributed by atoms with Gasteiger partial charge in [-0.25, -0.2) is 0 Å². The zero-order valence-corrected chi connectivity index (χ0v) is 11.3. The third kappa shape index (κ3) is 4.49. The van der Waals surface area contributed by atoms with Gasteiger partial charge in [-0.15, -0.1) is 0 Å². The van der Waals surface area contributed by atoms with Crippen molar-refractivity contribution in [1.29, 1.82) is 0 Å². The standard InChI is InChI=1S/C15H23NO2/c1-3-5-13(6-4-2)15(18)16-14-9-7-12(11-17)8-10-14/h7-10,13,17H,3-6,11H2,1-2H3,(H,16,18). The molecule has 1 amide bonds. The summed E-state index contributed by atoms with van der Waals surface area (Å²) in [6.07, 6.45) is 3.94. The number of aliphatic hydroxyl groups is 1. The lowest BCUT2D eigenvalue weighted by Gasteiger charge is -2.15. The third-order valence-corrected chi connectivity index (χ3v) is 3.05. The van der Waals surface area contributed by atoms with Crippen LogP contribution >= 0.6 is 0 Å². The topological polar surface area (TPSA) is 49.3 Å². The van der Waals surface area contributed by atoms with Gasteiger partial charge in [-0.1, -0.05) is 38.8 Å². The molecule has 1 aromatic rings. The molecular formula is C15H23NO2. The number of amides is 1. The van der Waals surface area contributed by atoms with Gasteiger partial charge in [0, 0.05) is 11.6 Å². The van der Waals surface area contributed by atoms with Crippen molar-refractivity contribution in [2.75, 3.05) is 5.32 Å². The fourth-order valence-electron chi connectivity index (χ4n) is 2.04. The number of carbonyl (C=O) groups excluding carboxylic acids is 1. The molecule has 0 saturated carbocycles. The van der Waals surface area contributed by atoms with Crippen molar-refractivity contribution in [3.8, 4) is 0 Å². The fourth-order valence-corrected chi connectivity index (χ4v) is 2.04. The summed E-state index contributed by atoms with van der Waals surface area (Å²) in [5.41, 5.74) is 1.65. The smallest absolute Gasteiger partial charge is 0.227 e. The highest BCUT2D eigenvalue weighted by atomic mass is 16.3. The van der Waals surface area contributed by atoms with Crippen LogP contribution in [0.2, 0.25) is 0 Å². The quantitative estimate of drug-likeness (QED) is 0.778. The van der Waals surface area contributed by atoms with E-state index >= 15 is 0 Å². The number of carbonyl (C=O) groups is 1. The number of anilines is 1. The summed E-state index contributed by atoms with van der Waals surface area (Å²) in [4.78, 5) is 12.1. The second kappa shape index (κ2) is 7.88. The minimum Gasteiger partial charge on any atom is -0.392 e. The van der Waals surface area contributed by atoms with Crippen LogP contribution in [0, 0.1) is 5.92 Å². The molecule has 0 aromatic heterocycles. The summed E-state index contributed by atoms with van der Waals surface area (Å²) in [5.74, 6) is 0.216. The summed E-state index contributed by atoms with van der Waals surface area (Å²) in [6.45, 7) is 4.24. The van der Waals surface area contributed by atoms with Crippen LogP contribution in [-0.2, 0) is 11.4 Å². The number of nitrogens with one attached hydrogen (secondary N) is 1. The van der Waals surface area contributed by atoms with Gasteiger partial charge < -0.3 is 10.4 Å². The molecule has 0 fully saturated rings. The second-order valence-corrected chi connectivity index (χ2v) is 4.62. The Labute approximate surface area is 109 Å². The molecule has 0 aliphatic carbocycles. The number of rotatable bonds is 7. The lowest BCUT2D eigenvalue weighted by Crippen LogP contribution is -2.22. The zero-order valence-electron chi connectivity index (χ0n) is 11.3. The van der Waals surface area contributed by atoms with Crippen molar-refractivity contribution in [3.63, 3.8) is 0 Å². The van der Waals surface area contributed by atoms with Crippen LogP contribution in [0.15, 0.2) is 24.3 Å². The van der Waals surface area contributed by atoms with Gasteiger partial charge in [0.05, 0.1) is 6.61 Å². The van der Waals surface area contributed by atoms with Crippen LogP contribution in [0.4, 0.5) is 5.69 Å². The molecule has 0 aliphatic rings. The van der Waals surface area contributed by atoms with Gasteiger partial charge in [-0.2, -0.15) is 0 Å². The first-order valence-electron chi connectivity index (χ1n) is 6.71. The molecule has 0 heterocycles. The summed E-state index contributed by atoms with van der Waals surface area (Å²) in [6, 6.07) is 7.31. The van der Waals surface area contributed by atoms with E-state index in [-0.39, 0.29) is 18.4 Å². The maximum Gasteiger partial charge on any atom is 0.227 e. The zero-order chi connectivity index (χ0) is 13.4. The summed E-state index contributed by atoms with van der Waals surface area (Å²) < 4.78 is 0. The van der Waals surface area contributed by atoms with Crippen LogP contribution in [0.5, 0.6) is 0 Å². The molecule has 2 N–H and O–H groups in total. The third-order valence-electron chi connectivity index (χ3n) is 3.05. The average molecular weight is 249 g/mol. The molecule has 18 heavy (non-hydrogen) atoms. The highest BCUT2D eigenvalue weighted by Gasteiger charge is 2.16. The second-order valence-electron chi connectivity index (χ2n) is 4.62. The Morgan fingerprint density at radius 2 is 1.72 bits per heavy atom. The molecule has 0 radical (unpaired) electrons. The number of aliphatic hydroxyl groups excluding tert-OH is 1. The first-order chi connectivity index (χ1) is 8.71. The monoisotopic (exact) mass is 249 g/mol. The summed E-state index contributed by atoms with van der Waals surface area (Å²) in [7, 11) is 0. The molecule has 1 rings (SSSR count).